The van der Waals surface area contributed by atoms with E-state index >= 15 is 0 Å². The second-order valence-electron chi connectivity index (χ2n) is 8.27. The quantitative estimate of drug-likeness (QED) is 0.143. The summed E-state index contributed by atoms with van der Waals surface area (Å²) < 4.78 is 11.0. The number of para-hydroxylation sites is 1. The molecule has 180 valence electrons. The fourth-order valence-electron chi connectivity index (χ4n) is 4.11. The van der Waals surface area contributed by atoms with E-state index in [1.54, 1.807) is 48.7 Å². The minimum Gasteiger partial charge on any atom is -0.422 e. The van der Waals surface area contributed by atoms with Crippen molar-refractivity contribution in [3.8, 4) is 0 Å². The van der Waals surface area contributed by atoms with Crippen molar-refractivity contribution in [3.05, 3.63) is 111 Å². The maximum absolute atomic E-state index is 12.9. The largest absolute Gasteiger partial charge is 0.422 e. The molecule has 1 aliphatic heterocycles. The van der Waals surface area contributed by atoms with E-state index in [1.807, 2.05) is 36.4 Å². The van der Waals surface area contributed by atoms with E-state index in [2.05, 4.69) is 9.89 Å². The van der Waals surface area contributed by atoms with E-state index in [1.165, 1.54) is 6.08 Å². The van der Waals surface area contributed by atoms with Crippen LogP contribution in [0.4, 0.5) is 11.4 Å². The molecule has 7 heteroatoms. The van der Waals surface area contributed by atoms with E-state index in [4.69, 9.17) is 20.8 Å². The highest BCUT2D eigenvalue weighted by molar-refractivity contribution is 6.33. The molecule has 4 aromatic rings. The van der Waals surface area contributed by atoms with Crippen LogP contribution in [0, 0.1) is 0 Å². The Balaban J connectivity index is 1.41. The van der Waals surface area contributed by atoms with Gasteiger partial charge in [0.15, 0.2) is 5.78 Å². The van der Waals surface area contributed by atoms with Crippen LogP contribution in [0.15, 0.2) is 93.1 Å². The molecule has 1 fully saturated rings. The standard InChI is InChI=1S/C29H23ClN2O4/c30-25-7-3-1-5-21(25)19-31-22-11-9-20(10-12-22)26(33)14-13-24-28(32-15-17-35-18-16-32)23-6-2-4-8-27(23)36-29(24)34/h1-14,19H,15-18H2/b14-13+,31-19?. The third kappa shape index (κ3) is 5.15. The van der Waals surface area contributed by atoms with E-state index < -0.39 is 5.63 Å². The molecule has 36 heavy (non-hydrogen) atoms. The van der Waals surface area contributed by atoms with Crippen molar-refractivity contribution in [2.24, 2.45) is 4.99 Å². The van der Waals surface area contributed by atoms with Gasteiger partial charge < -0.3 is 14.1 Å². The van der Waals surface area contributed by atoms with Crippen LogP contribution in [0.25, 0.3) is 17.0 Å². The molecule has 1 aliphatic rings. The normalized spacial score (nSPS) is 14.2. The maximum atomic E-state index is 12.9. The predicted octanol–water partition coefficient (Wildman–Crippen LogP) is 5.93. The first-order valence-corrected chi connectivity index (χ1v) is 12.0. The number of hydrogen-bond donors (Lipinski definition) is 0. The molecule has 2 heterocycles. The maximum Gasteiger partial charge on any atom is 0.345 e. The lowest BCUT2D eigenvalue weighted by Gasteiger charge is -2.30. The minimum atomic E-state index is -0.483. The van der Waals surface area contributed by atoms with Gasteiger partial charge in [0, 0.05) is 40.8 Å². The van der Waals surface area contributed by atoms with Gasteiger partial charge in [0.25, 0.3) is 0 Å². The van der Waals surface area contributed by atoms with Gasteiger partial charge in [-0.25, -0.2) is 4.79 Å². The Bertz CT molecular complexity index is 1520. The van der Waals surface area contributed by atoms with Crippen molar-refractivity contribution in [1.82, 2.24) is 0 Å². The number of ether oxygens (including phenoxy) is 1. The van der Waals surface area contributed by atoms with Crippen LogP contribution in [-0.2, 0) is 4.74 Å². The molecule has 1 aromatic heterocycles. The summed E-state index contributed by atoms with van der Waals surface area (Å²) in [5.74, 6) is -0.225. The Morgan fingerprint density at radius 2 is 1.67 bits per heavy atom. The summed E-state index contributed by atoms with van der Waals surface area (Å²) in [5.41, 5.74) is 3.14. The minimum absolute atomic E-state index is 0.225. The van der Waals surface area contributed by atoms with Crippen molar-refractivity contribution in [3.63, 3.8) is 0 Å². The van der Waals surface area contributed by atoms with Crippen LogP contribution in [0.3, 0.4) is 0 Å². The lowest BCUT2D eigenvalue weighted by Crippen LogP contribution is -2.37. The summed E-state index contributed by atoms with van der Waals surface area (Å²) in [5, 5.41) is 1.44. The molecule has 0 unspecified atom stereocenters. The smallest absolute Gasteiger partial charge is 0.345 e. The summed E-state index contributed by atoms with van der Waals surface area (Å²) in [6.45, 7) is 2.45. The number of fused-ring (bicyclic) bond motifs is 1. The van der Waals surface area contributed by atoms with Gasteiger partial charge in [0.1, 0.15) is 5.58 Å². The molecule has 0 atom stereocenters. The monoisotopic (exact) mass is 498 g/mol. The third-order valence-corrected chi connectivity index (χ3v) is 6.30. The summed E-state index contributed by atoms with van der Waals surface area (Å²) in [4.78, 5) is 32.3. The molecule has 0 bridgehead atoms. The fraction of sp³-hybridized carbons (Fsp3) is 0.138. The number of hydrogen-bond acceptors (Lipinski definition) is 6. The van der Waals surface area contributed by atoms with Gasteiger partial charge >= 0.3 is 5.63 Å². The van der Waals surface area contributed by atoms with Gasteiger partial charge in [-0.1, -0.05) is 41.9 Å². The van der Waals surface area contributed by atoms with Crippen LogP contribution >= 0.6 is 11.6 Å². The van der Waals surface area contributed by atoms with E-state index in [-0.39, 0.29) is 5.78 Å². The number of morpholine rings is 1. The highest BCUT2D eigenvalue weighted by atomic mass is 35.5. The number of anilines is 1. The zero-order valence-corrected chi connectivity index (χ0v) is 20.1. The number of benzene rings is 3. The Morgan fingerprint density at radius 1 is 0.944 bits per heavy atom. The number of aliphatic imine (C=N–C) groups is 1. The topological polar surface area (TPSA) is 72.1 Å². The van der Waals surface area contributed by atoms with Crippen LogP contribution in [0.2, 0.25) is 5.02 Å². The van der Waals surface area contributed by atoms with E-state index in [9.17, 15) is 9.59 Å². The number of ketones is 1. The molecule has 5 rings (SSSR count). The lowest BCUT2D eigenvalue weighted by molar-refractivity contribution is 0.104. The number of halogens is 1. The number of rotatable bonds is 6. The molecule has 6 nitrogen and oxygen atoms in total. The Kier molecular flexibility index (Phi) is 7.07. The predicted molar refractivity (Wildman–Crippen MR) is 144 cm³/mol. The second-order valence-corrected chi connectivity index (χ2v) is 8.68. The average Bonchev–Trinajstić information content (AvgIpc) is 2.92. The highest BCUT2D eigenvalue weighted by Gasteiger charge is 2.20. The summed E-state index contributed by atoms with van der Waals surface area (Å²) in [7, 11) is 0. The van der Waals surface area contributed by atoms with Crippen molar-refractivity contribution in [2.75, 3.05) is 31.2 Å². The molecule has 0 N–H and O–H groups in total. The van der Waals surface area contributed by atoms with Crippen molar-refractivity contribution >= 4 is 52.0 Å². The van der Waals surface area contributed by atoms with Crippen LogP contribution in [0.1, 0.15) is 21.5 Å². The van der Waals surface area contributed by atoms with Gasteiger partial charge in [0.05, 0.1) is 30.2 Å². The van der Waals surface area contributed by atoms with Gasteiger partial charge in [-0.2, -0.15) is 0 Å². The molecule has 0 amide bonds. The van der Waals surface area contributed by atoms with Crippen LogP contribution in [-0.4, -0.2) is 38.3 Å². The Hall–Kier alpha value is -4.00. The first kappa shape index (κ1) is 23.7. The number of carbonyl (C=O) groups is 1. The average molecular weight is 499 g/mol. The highest BCUT2D eigenvalue weighted by Crippen LogP contribution is 2.30. The summed E-state index contributed by atoms with van der Waals surface area (Å²) in [6.07, 6.45) is 4.65. The number of carbonyl (C=O) groups excluding carboxylic acids is 1. The van der Waals surface area contributed by atoms with Gasteiger partial charge in [-0.3, -0.25) is 9.79 Å². The van der Waals surface area contributed by atoms with Gasteiger partial charge in [0.2, 0.25) is 0 Å². The van der Waals surface area contributed by atoms with Crippen LogP contribution < -0.4 is 10.5 Å². The zero-order chi connectivity index (χ0) is 24.9. The van der Waals surface area contributed by atoms with Crippen LogP contribution in [0.5, 0.6) is 0 Å². The molecule has 0 saturated carbocycles. The molecular weight excluding hydrogens is 476 g/mol. The van der Waals surface area contributed by atoms with E-state index in [0.717, 1.165) is 16.6 Å². The molecular formula is C29H23ClN2O4. The first-order chi connectivity index (χ1) is 17.6. The van der Waals surface area contributed by atoms with E-state index in [0.29, 0.717) is 53.7 Å². The zero-order valence-electron chi connectivity index (χ0n) is 19.4. The fourth-order valence-corrected chi connectivity index (χ4v) is 4.30. The molecule has 3 aromatic carbocycles. The van der Waals surface area contributed by atoms with Gasteiger partial charge in [-0.05, 0) is 54.6 Å². The number of allylic oxidation sites excluding steroid dienone is 1. The first-order valence-electron chi connectivity index (χ1n) is 11.6. The second kappa shape index (κ2) is 10.7. The van der Waals surface area contributed by atoms with Crippen molar-refractivity contribution in [2.45, 2.75) is 0 Å². The van der Waals surface area contributed by atoms with Crippen molar-refractivity contribution < 1.29 is 13.9 Å². The summed E-state index contributed by atoms with van der Waals surface area (Å²) in [6, 6.07) is 21.8. The lowest BCUT2D eigenvalue weighted by atomic mass is 10.1. The molecule has 0 radical (unpaired) electrons. The third-order valence-electron chi connectivity index (χ3n) is 5.96. The Morgan fingerprint density at radius 3 is 2.44 bits per heavy atom. The Labute approximate surface area is 213 Å². The molecule has 1 saturated heterocycles. The SMILES string of the molecule is O=C(/C=C/c1c(N2CCOCC2)c2ccccc2oc1=O)c1ccc(N=Cc2ccccc2Cl)cc1. The molecule has 0 spiro atoms. The molecule has 0 aliphatic carbocycles. The van der Waals surface area contributed by atoms with Gasteiger partial charge in [-0.15, -0.1) is 0 Å². The number of nitrogens with zero attached hydrogens (tertiary/aromatic N) is 2. The summed E-state index contributed by atoms with van der Waals surface area (Å²) >= 11 is 6.16. The van der Waals surface area contributed by atoms with Crippen molar-refractivity contribution in [1.29, 1.82) is 0 Å².